The fourth-order valence-electron chi connectivity index (χ4n) is 6.73. The molecule has 1 spiro atoms. The summed E-state index contributed by atoms with van der Waals surface area (Å²) in [6.07, 6.45) is 7.29. The molecule has 7 atom stereocenters. The Balaban J connectivity index is 1.59. The Hall–Kier alpha value is -1.59. The normalized spacial score (nSPS) is 50.8. The number of hydrogen-bond donors (Lipinski definition) is 1. The van der Waals surface area contributed by atoms with Crippen molar-refractivity contribution in [3.63, 3.8) is 0 Å². The van der Waals surface area contributed by atoms with Crippen LogP contribution in [0.2, 0.25) is 0 Å². The minimum Gasteiger partial charge on any atom is -0.388 e. The van der Waals surface area contributed by atoms with E-state index in [1.54, 1.807) is 0 Å². The number of hydrogen-bond acceptors (Lipinski definition) is 4. The van der Waals surface area contributed by atoms with Crippen molar-refractivity contribution >= 4 is 11.6 Å². The topological polar surface area (TPSA) is 66.9 Å². The number of ketones is 2. The highest BCUT2D eigenvalue weighted by atomic mass is 19.1. The molecule has 4 aliphatic carbocycles. The Morgan fingerprint density at radius 2 is 2.15 bits per heavy atom. The average molecular weight is 358 g/mol. The zero-order valence-electron chi connectivity index (χ0n) is 15.0. The minimum atomic E-state index is -1.17. The molecule has 0 aromatic rings. The number of epoxide rings is 1. The lowest BCUT2D eigenvalue weighted by atomic mass is 9.47. The molecule has 26 heavy (non-hydrogen) atoms. The van der Waals surface area contributed by atoms with Gasteiger partial charge in [-0.25, -0.2) is 4.39 Å². The Morgan fingerprint density at radius 1 is 1.38 bits per heavy atom. The predicted octanol–water partition coefficient (Wildman–Crippen LogP) is 2.47. The number of rotatable bonds is 2. The van der Waals surface area contributed by atoms with Gasteiger partial charge in [0.2, 0.25) is 0 Å². The third-order valence-corrected chi connectivity index (χ3v) is 7.95. The first-order valence-corrected chi connectivity index (χ1v) is 9.40. The number of carbonyl (C=O) groups is 2. The SMILES string of the molecule is C[C@]12C=CC(=O)C=C1C(F)C[C@H]1[C@@H]3CC=C(C(=O)CO)[C@@]3(C)CC3O[C@]312. The summed E-state index contributed by atoms with van der Waals surface area (Å²) in [6, 6.07) is 0. The number of aliphatic hydroxyl groups excluding tert-OH is 1. The number of fused-ring (bicyclic) bond motifs is 3. The highest BCUT2D eigenvalue weighted by Gasteiger charge is 2.79. The summed E-state index contributed by atoms with van der Waals surface area (Å²) >= 11 is 0. The maximum absolute atomic E-state index is 15.2. The van der Waals surface area contributed by atoms with Crippen molar-refractivity contribution < 1.29 is 23.8 Å². The van der Waals surface area contributed by atoms with E-state index in [4.69, 9.17) is 4.74 Å². The summed E-state index contributed by atoms with van der Waals surface area (Å²) in [5.41, 5.74) is -0.233. The molecule has 1 aliphatic heterocycles. The van der Waals surface area contributed by atoms with Gasteiger partial charge in [-0.15, -0.1) is 0 Å². The highest BCUT2D eigenvalue weighted by molar-refractivity contribution is 6.01. The molecule has 2 saturated carbocycles. The molecule has 0 bridgehead atoms. The van der Waals surface area contributed by atoms with Crippen LogP contribution in [0.4, 0.5) is 4.39 Å². The molecular weight excluding hydrogens is 335 g/mol. The lowest BCUT2D eigenvalue weighted by molar-refractivity contribution is -0.120. The maximum atomic E-state index is 15.2. The molecule has 5 rings (SSSR count). The van der Waals surface area contributed by atoms with Crippen LogP contribution in [-0.4, -0.2) is 41.2 Å². The van der Waals surface area contributed by atoms with Crippen LogP contribution >= 0.6 is 0 Å². The van der Waals surface area contributed by atoms with Crippen molar-refractivity contribution in [1.82, 2.24) is 0 Å². The standard InChI is InChI=1S/C21H23FO4/c1-19-9-18-21(26-18)14(12(19)3-4-13(19)17(25)10-23)8-16(22)15-7-11(24)5-6-20(15,21)2/h4-7,12,14,16,18,23H,3,8-10H2,1-2H3/t12-,14-,16?,18?,19-,20-,21-/m0/s1. The number of ether oxygens (including phenoxy) is 1. The molecule has 0 radical (unpaired) electrons. The Morgan fingerprint density at radius 3 is 2.88 bits per heavy atom. The molecule has 2 unspecified atom stereocenters. The molecule has 0 amide bonds. The summed E-state index contributed by atoms with van der Waals surface area (Å²) in [7, 11) is 0. The number of aliphatic hydroxyl groups is 1. The molecule has 0 aromatic carbocycles. The highest BCUT2D eigenvalue weighted by Crippen LogP contribution is 2.74. The van der Waals surface area contributed by atoms with Gasteiger partial charge in [0, 0.05) is 10.8 Å². The predicted molar refractivity (Wildman–Crippen MR) is 92.0 cm³/mol. The summed E-state index contributed by atoms with van der Waals surface area (Å²) in [6.45, 7) is 3.57. The van der Waals surface area contributed by atoms with Crippen molar-refractivity contribution in [2.45, 2.75) is 51.0 Å². The first-order chi connectivity index (χ1) is 12.3. The molecule has 3 fully saturated rings. The molecule has 5 aliphatic rings. The quantitative estimate of drug-likeness (QED) is 0.770. The van der Waals surface area contributed by atoms with Crippen molar-refractivity contribution in [2.75, 3.05) is 6.61 Å². The van der Waals surface area contributed by atoms with Gasteiger partial charge >= 0.3 is 0 Å². The van der Waals surface area contributed by atoms with Crippen LogP contribution in [0.3, 0.4) is 0 Å². The molecule has 0 aromatic heterocycles. The maximum Gasteiger partial charge on any atom is 0.184 e. The van der Waals surface area contributed by atoms with E-state index in [0.717, 1.165) is 0 Å². The summed E-state index contributed by atoms with van der Waals surface area (Å²) in [5, 5.41) is 9.34. The van der Waals surface area contributed by atoms with Crippen molar-refractivity contribution in [1.29, 1.82) is 0 Å². The minimum absolute atomic E-state index is 0.0125. The molecule has 138 valence electrons. The van der Waals surface area contributed by atoms with Crippen LogP contribution in [0.5, 0.6) is 0 Å². The van der Waals surface area contributed by atoms with Gasteiger partial charge in [0.15, 0.2) is 11.6 Å². The smallest absolute Gasteiger partial charge is 0.184 e. The van der Waals surface area contributed by atoms with Gasteiger partial charge in [-0.05, 0) is 61.3 Å². The fraction of sp³-hybridized carbons (Fsp3) is 0.619. The molecule has 5 heteroatoms. The van der Waals surface area contributed by atoms with Crippen LogP contribution in [0.15, 0.2) is 35.5 Å². The number of carbonyl (C=O) groups excluding carboxylic acids is 2. The molecule has 1 heterocycles. The molecule has 1 saturated heterocycles. The van der Waals surface area contributed by atoms with Gasteiger partial charge < -0.3 is 9.84 Å². The first-order valence-electron chi connectivity index (χ1n) is 9.40. The van der Waals surface area contributed by atoms with Crippen LogP contribution in [-0.2, 0) is 14.3 Å². The largest absolute Gasteiger partial charge is 0.388 e. The van der Waals surface area contributed by atoms with Gasteiger partial charge in [0.25, 0.3) is 0 Å². The number of Topliss-reactive ketones (excluding diaryl/α,β-unsaturated/α-hetero) is 1. The zero-order valence-corrected chi connectivity index (χ0v) is 15.0. The van der Waals surface area contributed by atoms with E-state index < -0.39 is 23.8 Å². The second-order valence-corrected chi connectivity index (χ2v) is 8.91. The second kappa shape index (κ2) is 4.82. The zero-order chi connectivity index (χ0) is 18.5. The van der Waals surface area contributed by atoms with E-state index in [-0.39, 0.29) is 34.9 Å². The lowest BCUT2D eigenvalue weighted by Gasteiger charge is -2.54. The molecule has 4 nitrogen and oxygen atoms in total. The number of halogens is 1. The van der Waals surface area contributed by atoms with E-state index in [1.165, 1.54) is 12.2 Å². The Kier molecular flexibility index (Phi) is 3.07. The average Bonchev–Trinajstić information content (AvgIpc) is 3.22. The van der Waals surface area contributed by atoms with Crippen LogP contribution < -0.4 is 0 Å². The Bertz CT molecular complexity index is 826. The van der Waals surface area contributed by atoms with E-state index in [1.807, 2.05) is 19.1 Å². The molecule has 1 N–H and O–H groups in total. The fourth-order valence-corrected chi connectivity index (χ4v) is 6.73. The van der Waals surface area contributed by atoms with Gasteiger partial charge in [-0.3, -0.25) is 9.59 Å². The second-order valence-electron chi connectivity index (χ2n) is 8.91. The lowest BCUT2D eigenvalue weighted by Crippen LogP contribution is -2.58. The van der Waals surface area contributed by atoms with Crippen LogP contribution in [0.25, 0.3) is 0 Å². The first kappa shape index (κ1) is 16.6. The number of alkyl halides is 1. The van der Waals surface area contributed by atoms with Crippen molar-refractivity contribution in [3.05, 3.63) is 35.5 Å². The van der Waals surface area contributed by atoms with E-state index >= 15 is 4.39 Å². The van der Waals surface area contributed by atoms with Gasteiger partial charge in [-0.1, -0.05) is 19.1 Å². The third-order valence-electron chi connectivity index (χ3n) is 7.95. The monoisotopic (exact) mass is 358 g/mol. The van der Waals surface area contributed by atoms with Gasteiger partial charge in [-0.2, -0.15) is 0 Å². The van der Waals surface area contributed by atoms with Gasteiger partial charge in [0.1, 0.15) is 18.4 Å². The summed E-state index contributed by atoms with van der Waals surface area (Å²) in [5.74, 6) is -0.284. The number of allylic oxidation sites excluding steroid dienone is 3. The van der Waals surface area contributed by atoms with Crippen LogP contribution in [0.1, 0.15) is 33.1 Å². The van der Waals surface area contributed by atoms with Gasteiger partial charge in [0.05, 0.1) is 6.10 Å². The van der Waals surface area contributed by atoms with E-state index in [9.17, 15) is 14.7 Å². The summed E-state index contributed by atoms with van der Waals surface area (Å²) in [4.78, 5) is 24.1. The van der Waals surface area contributed by atoms with Crippen molar-refractivity contribution in [2.24, 2.45) is 22.7 Å². The van der Waals surface area contributed by atoms with Crippen LogP contribution in [0, 0.1) is 22.7 Å². The third kappa shape index (κ3) is 1.67. The summed E-state index contributed by atoms with van der Waals surface area (Å²) < 4.78 is 21.5. The van der Waals surface area contributed by atoms with E-state index in [2.05, 4.69) is 6.92 Å². The molecular formula is C21H23FO4. The van der Waals surface area contributed by atoms with E-state index in [0.29, 0.717) is 30.4 Å². The Labute approximate surface area is 151 Å². The van der Waals surface area contributed by atoms with Crippen molar-refractivity contribution in [3.8, 4) is 0 Å².